The van der Waals surface area contributed by atoms with Crippen molar-refractivity contribution in [2.24, 2.45) is 11.8 Å². The first-order valence-corrected chi connectivity index (χ1v) is 7.36. The van der Waals surface area contributed by atoms with E-state index >= 15 is 0 Å². The van der Waals surface area contributed by atoms with Crippen molar-refractivity contribution in [1.82, 2.24) is 9.97 Å². The highest BCUT2D eigenvalue weighted by Gasteiger charge is 2.17. The van der Waals surface area contributed by atoms with Crippen LogP contribution < -0.4 is 16.2 Å². The number of nitrogens with zero attached hydrogens (tertiary/aromatic N) is 3. The van der Waals surface area contributed by atoms with Gasteiger partial charge in [-0.05, 0) is 25.2 Å². The van der Waals surface area contributed by atoms with Crippen molar-refractivity contribution in [3.63, 3.8) is 0 Å². The van der Waals surface area contributed by atoms with E-state index in [4.69, 9.17) is 5.84 Å². The Morgan fingerprint density at radius 2 is 2.16 bits per heavy atom. The van der Waals surface area contributed by atoms with Crippen LogP contribution in [0.4, 0.5) is 11.6 Å². The van der Waals surface area contributed by atoms with Gasteiger partial charge in [0.2, 0.25) is 0 Å². The molecule has 0 amide bonds. The second-order valence-corrected chi connectivity index (χ2v) is 5.22. The maximum absolute atomic E-state index is 5.49. The minimum Gasteiger partial charge on any atom is -0.356 e. The van der Waals surface area contributed by atoms with E-state index in [-0.39, 0.29) is 0 Å². The summed E-state index contributed by atoms with van der Waals surface area (Å²) in [5, 5.41) is 0. The van der Waals surface area contributed by atoms with Gasteiger partial charge in [-0.25, -0.2) is 15.8 Å². The summed E-state index contributed by atoms with van der Waals surface area (Å²) in [6.07, 6.45) is 5.95. The number of hydrogen-bond donors (Lipinski definition) is 2. The highest BCUT2D eigenvalue weighted by Crippen LogP contribution is 2.24. The highest BCUT2D eigenvalue weighted by molar-refractivity contribution is 5.49. The van der Waals surface area contributed by atoms with E-state index in [2.05, 4.69) is 34.1 Å². The van der Waals surface area contributed by atoms with Gasteiger partial charge in [0.05, 0.1) is 0 Å². The SMILES string of the molecule is CCc1nc(NN)cc(N2CCCC(CC)CC2)n1. The van der Waals surface area contributed by atoms with E-state index in [9.17, 15) is 0 Å². The fourth-order valence-electron chi connectivity index (χ4n) is 2.68. The van der Waals surface area contributed by atoms with Crippen molar-refractivity contribution in [2.75, 3.05) is 23.4 Å². The standard InChI is InChI=1S/C14H25N5/c1-3-11-6-5-8-19(9-7-11)14-10-13(18-15)16-12(4-2)17-14/h10-11H,3-9,15H2,1-2H3,(H,16,17,18). The predicted octanol–water partition coefficient (Wildman–Crippen LogP) is 2.34. The van der Waals surface area contributed by atoms with Gasteiger partial charge in [-0.15, -0.1) is 0 Å². The molecule has 0 aliphatic carbocycles. The molecule has 0 saturated carbocycles. The predicted molar refractivity (Wildman–Crippen MR) is 79.1 cm³/mol. The van der Waals surface area contributed by atoms with E-state index in [0.29, 0.717) is 5.82 Å². The molecule has 106 valence electrons. The summed E-state index contributed by atoms with van der Waals surface area (Å²) in [5.41, 5.74) is 2.64. The Morgan fingerprint density at radius 1 is 1.32 bits per heavy atom. The molecule has 5 nitrogen and oxygen atoms in total. The number of hydrogen-bond acceptors (Lipinski definition) is 5. The summed E-state index contributed by atoms with van der Waals surface area (Å²) in [4.78, 5) is 11.4. The zero-order valence-corrected chi connectivity index (χ0v) is 12.0. The van der Waals surface area contributed by atoms with Crippen molar-refractivity contribution in [2.45, 2.75) is 46.0 Å². The van der Waals surface area contributed by atoms with Crippen LogP contribution in [0.15, 0.2) is 6.07 Å². The third-order valence-corrected chi connectivity index (χ3v) is 3.97. The van der Waals surface area contributed by atoms with Crippen LogP contribution >= 0.6 is 0 Å². The van der Waals surface area contributed by atoms with Crippen LogP contribution in [0.3, 0.4) is 0 Å². The van der Waals surface area contributed by atoms with Crippen molar-refractivity contribution in [3.05, 3.63) is 11.9 Å². The average Bonchev–Trinajstić information content (AvgIpc) is 2.72. The molecule has 0 bridgehead atoms. The van der Waals surface area contributed by atoms with Crippen LogP contribution in [-0.2, 0) is 6.42 Å². The summed E-state index contributed by atoms with van der Waals surface area (Å²) in [5.74, 6) is 8.92. The summed E-state index contributed by atoms with van der Waals surface area (Å²) in [6.45, 7) is 6.52. The molecule has 1 aromatic rings. The molecule has 0 aromatic carbocycles. The number of nitrogens with one attached hydrogen (secondary N) is 1. The first-order chi connectivity index (χ1) is 9.26. The van der Waals surface area contributed by atoms with Crippen LogP contribution in [0.5, 0.6) is 0 Å². The first-order valence-electron chi connectivity index (χ1n) is 7.36. The fourth-order valence-corrected chi connectivity index (χ4v) is 2.68. The van der Waals surface area contributed by atoms with Crippen molar-refractivity contribution < 1.29 is 0 Å². The van der Waals surface area contributed by atoms with E-state index in [1.807, 2.05) is 6.07 Å². The summed E-state index contributed by atoms with van der Waals surface area (Å²) in [6, 6.07) is 1.95. The number of rotatable bonds is 4. The molecule has 2 heterocycles. The molecule has 1 fully saturated rings. The number of nitrogen functional groups attached to an aromatic ring is 1. The van der Waals surface area contributed by atoms with Crippen molar-refractivity contribution >= 4 is 11.6 Å². The minimum atomic E-state index is 0.707. The van der Waals surface area contributed by atoms with Crippen molar-refractivity contribution in [3.8, 4) is 0 Å². The maximum atomic E-state index is 5.49. The lowest BCUT2D eigenvalue weighted by Crippen LogP contribution is -2.26. The Labute approximate surface area is 115 Å². The lowest BCUT2D eigenvalue weighted by atomic mass is 9.98. The summed E-state index contributed by atoms with van der Waals surface area (Å²) >= 11 is 0. The van der Waals surface area contributed by atoms with Crippen molar-refractivity contribution in [1.29, 1.82) is 0 Å². The first kappa shape index (κ1) is 14.1. The Balaban J connectivity index is 2.16. The van der Waals surface area contributed by atoms with Crippen LogP contribution in [0.25, 0.3) is 0 Å². The molecule has 1 aliphatic rings. The topological polar surface area (TPSA) is 67.1 Å². The van der Waals surface area contributed by atoms with E-state index in [0.717, 1.165) is 37.1 Å². The third-order valence-electron chi connectivity index (χ3n) is 3.97. The summed E-state index contributed by atoms with van der Waals surface area (Å²) in [7, 11) is 0. The van der Waals surface area contributed by atoms with Crippen LogP contribution in [-0.4, -0.2) is 23.1 Å². The quantitative estimate of drug-likeness (QED) is 0.644. The number of hydrazine groups is 1. The molecule has 0 radical (unpaired) electrons. The van der Waals surface area contributed by atoms with Gasteiger partial charge in [0.25, 0.3) is 0 Å². The van der Waals surface area contributed by atoms with Gasteiger partial charge in [-0.3, -0.25) is 0 Å². The van der Waals surface area contributed by atoms with E-state index < -0.39 is 0 Å². The molecule has 1 saturated heterocycles. The zero-order valence-electron chi connectivity index (χ0n) is 12.0. The second kappa shape index (κ2) is 6.70. The molecule has 1 atom stereocenters. The van der Waals surface area contributed by atoms with E-state index in [1.165, 1.54) is 25.7 Å². The Morgan fingerprint density at radius 3 is 2.84 bits per heavy atom. The van der Waals surface area contributed by atoms with Gasteiger partial charge >= 0.3 is 0 Å². The van der Waals surface area contributed by atoms with Crippen LogP contribution in [0.2, 0.25) is 0 Å². The monoisotopic (exact) mass is 263 g/mol. The zero-order chi connectivity index (χ0) is 13.7. The highest BCUT2D eigenvalue weighted by atomic mass is 15.3. The van der Waals surface area contributed by atoms with Crippen LogP contribution in [0, 0.1) is 5.92 Å². The molecule has 1 aromatic heterocycles. The van der Waals surface area contributed by atoms with Gasteiger partial charge in [0.15, 0.2) is 0 Å². The Hall–Kier alpha value is -1.36. The lowest BCUT2D eigenvalue weighted by Gasteiger charge is -2.22. The molecule has 19 heavy (non-hydrogen) atoms. The fraction of sp³-hybridized carbons (Fsp3) is 0.714. The number of nitrogens with two attached hydrogens (primary N) is 1. The molecular formula is C14H25N5. The normalized spacial score (nSPS) is 20.2. The Bertz CT molecular complexity index is 385. The van der Waals surface area contributed by atoms with Gasteiger partial charge in [-0.2, -0.15) is 0 Å². The molecule has 2 rings (SSSR count). The molecule has 0 spiro atoms. The molecule has 1 unspecified atom stereocenters. The Kier molecular flexibility index (Phi) is 4.96. The van der Waals surface area contributed by atoms with Gasteiger partial charge < -0.3 is 10.3 Å². The number of anilines is 2. The smallest absolute Gasteiger partial charge is 0.145 e. The van der Waals surface area contributed by atoms with Gasteiger partial charge in [0, 0.05) is 25.6 Å². The largest absolute Gasteiger partial charge is 0.356 e. The second-order valence-electron chi connectivity index (χ2n) is 5.22. The molecule has 3 N–H and O–H groups in total. The van der Waals surface area contributed by atoms with Crippen LogP contribution in [0.1, 0.15) is 45.4 Å². The molecular weight excluding hydrogens is 238 g/mol. The van der Waals surface area contributed by atoms with Gasteiger partial charge in [-0.1, -0.05) is 20.3 Å². The third kappa shape index (κ3) is 3.56. The number of aryl methyl sites for hydroxylation is 1. The maximum Gasteiger partial charge on any atom is 0.145 e. The average molecular weight is 263 g/mol. The van der Waals surface area contributed by atoms with Gasteiger partial charge in [0.1, 0.15) is 17.5 Å². The minimum absolute atomic E-state index is 0.707. The summed E-state index contributed by atoms with van der Waals surface area (Å²) < 4.78 is 0. The van der Waals surface area contributed by atoms with E-state index in [1.54, 1.807) is 0 Å². The number of aromatic nitrogens is 2. The molecule has 1 aliphatic heterocycles. The molecule has 5 heteroatoms. The lowest BCUT2D eigenvalue weighted by molar-refractivity contribution is 0.459.